The topological polar surface area (TPSA) is 118 Å². The van der Waals surface area contributed by atoms with E-state index in [4.69, 9.17) is 4.74 Å². The number of halogens is 4. The molecule has 1 N–H and O–H groups in total. The SMILES string of the molecule is COc1cc(F)c(-c2c(NC(=O)c3ccc(OC(F)F)cc3)c(=O)n(-c3nc(N4CCN(C)CC4)ccc3C#N)n2C)c(F)c1. The van der Waals surface area contributed by atoms with Crippen molar-refractivity contribution in [3.63, 3.8) is 0 Å². The monoisotopic (exact) mass is 625 g/mol. The molecule has 1 aliphatic rings. The molecule has 0 radical (unpaired) electrons. The molecule has 4 aromatic rings. The Kier molecular flexibility index (Phi) is 8.77. The van der Waals surface area contributed by atoms with Crippen molar-refractivity contribution in [2.75, 3.05) is 50.6 Å². The third-order valence-electron chi connectivity index (χ3n) is 7.34. The highest BCUT2D eigenvalue weighted by Crippen LogP contribution is 2.34. The summed E-state index contributed by atoms with van der Waals surface area (Å²) in [6.45, 7) is -0.301. The Morgan fingerprint density at radius 1 is 1.00 bits per heavy atom. The van der Waals surface area contributed by atoms with Gasteiger partial charge in [0, 0.05) is 50.9 Å². The minimum Gasteiger partial charge on any atom is -0.497 e. The van der Waals surface area contributed by atoms with E-state index in [2.05, 4.69) is 19.9 Å². The normalized spacial score (nSPS) is 13.5. The average Bonchev–Trinajstić information content (AvgIpc) is 3.24. The standard InChI is InChI=1S/C30H27F4N7O4/c1-38-10-12-40(13-11-38)23-9-6-18(16-35)27(36-23)41-29(43)25(37-28(42)17-4-7-19(8-5-17)45-30(33)34)26(39(41)2)24-21(31)14-20(44-3)15-22(24)32/h4-9,14-15,30H,10-13H2,1-3H3,(H,37,42). The summed E-state index contributed by atoms with van der Waals surface area (Å²) >= 11 is 0. The molecule has 0 atom stereocenters. The Morgan fingerprint density at radius 2 is 1.64 bits per heavy atom. The second-order valence-electron chi connectivity index (χ2n) is 10.1. The van der Waals surface area contributed by atoms with Crippen molar-refractivity contribution in [1.29, 1.82) is 5.26 Å². The van der Waals surface area contributed by atoms with Gasteiger partial charge in [0.15, 0.2) is 5.82 Å². The Bertz CT molecular complexity index is 1820. The molecule has 5 rings (SSSR count). The predicted molar refractivity (Wildman–Crippen MR) is 156 cm³/mol. The van der Waals surface area contributed by atoms with Crippen molar-refractivity contribution >= 4 is 17.4 Å². The zero-order chi connectivity index (χ0) is 32.4. The lowest BCUT2D eigenvalue weighted by atomic mass is 10.1. The first kappa shape index (κ1) is 31.1. The number of amides is 1. The molecule has 1 saturated heterocycles. The van der Waals surface area contributed by atoms with Crippen LogP contribution in [-0.4, -0.2) is 72.1 Å². The van der Waals surface area contributed by atoms with Crippen LogP contribution in [0, 0.1) is 23.0 Å². The Hall–Kier alpha value is -5.36. The molecule has 1 amide bonds. The summed E-state index contributed by atoms with van der Waals surface area (Å²) in [6, 6.07) is 11.6. The first-order chi connectivity index (χ1) is 21.5. The summed E-state index contributed by atoms with van der Waals surface area (Å²) < 4.78 is 67.4. The van der Waals surface area contributed by atoms with Crippen LogP contribution in [0.15, 0.2) is 53.3 Å². The number of carbonyl (C=O) groups is 1. The fourth-order valence-corrected chi connectivity index (χ4v) is 5.01. The summed E-state index contributed by atoms with van der Waals surface area (Å²) in [5.41, 5.74) is -2.55. The second kappa shape index (κ2) is 12.7. The van der Waals surface area contributed by atoms with Crippen LogP contribution in [0.3, 0.4) is 0 Å². The molecule has 15 heteroatoms. The number of piperazine rings is 1. The van der Waals surface area contributed by atoms with Gasteiger partial charge in [-0.2, -0.15) is 18.7 Å². The van der Waals surface area contributed by atoms with Crippen molar-refractivity contribution < 1.29 is 31.8 Å². The van der Waals surface area contributed by atoms with Gasteiger partial charge >= 0.3 is 6.61 Å². The number of alkyl halides is 2. The molecule has 45 heavy (non-hydrogen) atoms. The molecule has 2 aromatic carbocycles. The van der Waals surface area contributed by atoms with E-state index in [0.717, 1.165) is 46.7 Å². The molecule has 0 spiro atoms. The Labute approximate surface area is 254 Å². The van der Waals surface area contributed by atoms with Crippen LogP contribution in [0.2, 0.25) is 0 Å². The molecule has 1 aliphatic heterocycles. The largest absolute Gasteiger partial charge is 0.497 e. The smallest absolute Gasteiger partial charge is 0.387 e. The van der Waals surface area contributed by atoms with E-state index in [9.17, 15) is 23.6 Å². The summed E-state index contributed by atoms with van der Waals surface area (Å²) in [6.07, 6.45) is 0. The van der Waals surface area contributed by atoms with Gasteiger partial charge in [-0.15, -0.1) is 0 Å². The number of nitrogens with one attached hydrogen (secondary N) is 1. The molecule has 0 saturated carbocycles. The molecule has 0 unspecified atom stereocenters. The fraction of sp³-hybridized carbons (Fsp3) is 0.267. The maximum atomic E-state index is 15.5. The number of hydrogen-bond acceptors (Lipinski definition) is 8. The van der Waals surface area contributed by atoms with E-state index >= 15 is 8.78 Å². The van der Waals surface area contributed by atoms with Crippen LogP contribution in [0.4, 0.5) is 29.1 Å². The highest BCUT2D eigenvalue weighted by Gasteiger charge is 2.29. The Morgan fingerprint density at radius 3 is 2.22 bits per heavy atom. The second-order valence-corrected chi connectivity index (χ2v) is 10.1. The number of rotatable bonds is 8. The van der Waals surface area contributed by atoms with Crippen molar-refractivity contribution in [3.05, 3.63) is 81.6 Å². The van der Waals surface area contributed by atoms with Crippen molar-refractivity contribution in [1.82, 2.24) is 19.2 Å². The van der Waals surface area contributed by atoms with Crippen LogP contribution in [0.5, 0.6) is 11.5 Å². The maximum Gasteiger partial charge on any atom is 0.387 e. The van der Waals surface area contributed by atoms with Gasteiger partial charge in [-0.05, 0) is 43.4 Å². The van der Waals surface area contributed by atoms with E-state index < -0.39 is 41.0 Å². The number of nitriles is 1. The van der Waals surface area contributed by atoms with Crippen LogP contribution < -0.4 is 25.2 Å². The highest BCUT2D eigenvalue weighted by molar-refractivity contribution is 6.06. The van der Waals surface area contributed by atoms with Crippen molar-refractivity contribution in [2.45, 2.75) is 6.61 Å². The van der Waals surface area contributed by atoms with Crippen molar-refractivity contribution in [3.8, 4) is 34.6 Å². The van der Waals surface area contributed by atoms with Crippen LogP contribution >= 0.6 is 0 Å². The van der Waals surface area contributed by atoms with Gasteiger partial charge in [-0.25, -0.2) is 13.8 Å². The minimum atomic E-state index is -3.08. The van der Waals surface area contributed by atoms with Crippen molar-refractivity contribution in [2.24, 2.45) is 7.05 Å². The fourth-order valence-electron chi connectivity index (χ4n) is 5.01. The van der Waals surface area contributed by atoms with E-state index in [1.165, 1.54) is 32.4 Å². The summed E-state index contributed by atoms with van der Waals surface area (Å²) in [4.78, 5) is 36.1. The van der Waals surface area contributed by atoms with Crippen LogP contribution in [-0.2, 0) is 7.05 Å². The molecule has 3 heterocycles. The van der Waals surface area contributed by atoms with Crippen LogP contribution in [0.25, 0.3) is 17.1 Å². The molecule has 234 valence electrons. The molecule has 11 nitrogen and oxygen atoms in total. The van der Waals surface area contributed by atoms with Gasteiger partial charge in [-0.1, -0.05) is 0 Å². The van der Waals surface area contributed by atoms with E-state index in [1.54, 1.807) is 6.07 Å². The van der Waals surface area contributed by atoms with E-state index in [1.807, 2.05) is 18.0 Å². The Balaban J connectivity index is 1.67. The van der Waals surface area contributed by atoms with E-state index in [-0.39, 0.29) is 34.1 Å². The number of hydrogen-bond donors (Lipinski definition) is 1. The maximum absolute atomic E-state index is 15.5. The van der Waals surface area contributed by atoms with E-state index in [0.29, 0.717) is 18.9 Å². The van der Waals surface area contributed by atoms with Gasteiger partial charge < -0.3 is 24.6 Å². The number of carbonyl (C=O) groups excluding carboxylic acids is 1. The molecule has 2 aromatic heterocycles. The number of ether oxygens (including phenoxy) is 2. The number of pyridine rings is 1. The van der Waals surface area contributed by atoms with Crippen LogP contribution in [0.1, 0.15) is 15.9 Å². The molecule has 1 fully saturated rings. The predicted octanol–water partition coefficient (Wildman–Crippen LogP) is 4.00. The minimum absolute atomic E-state index is 0.00898. The average molecular weight is 626 g/mol. The number of likely N-dealkylation sites (N-methyl/N-ethyl adjacent to an activating group) is 1. The number of aromatic nitrogens is 3. The lowest BCUT2D eigenvalue weighted by Gasteiger charge is -2.33. The zero-order valence-electron chi connectivity index (χ0n) is 24.4. The quantitative estimate of drug-likeness (QED) is 0.292. The van der Waals surface area contributed by atoms with Gasteiger partial charge in [0.05, 0.1) is 18.2 Å². The number of methoxy groups -OCH3 is 1. The third kappa shape index (κ3) is 6.18. The van der Waals surface area contributed by atoms with Gasteiger partial charge in [-0.3, -0.25) is 14.3 Å². The van der Waals surface area contributed by atoms with Gasteiger partial charge in [0.2, 0.25) is 0 Å². The third-order valence-corrected chi connectivity index (χ3v) is 7.34. The van der Waals surface area contributed by atoms with Gasteiger partial charge in [0.25, 0.3) is 11.5 Å². The molecular formula is C30H27F4N7O4. The summed E-state index contributed by atoms with van der Waals surface area (Å²) in [5, 5.41) is 12.3. The molecule has 0 bridgehead atoms. The number of anilines is 2. The lowest BCUT2D eigenvalue weighted by Crippen LogP contribution is -2.45. The lowest BCUT2D eigenvalue weighted by molar-refractivity contribution is -0.0498. The number of benzene rings is 2. The summed E-state index contributed by atoms with van der Waals surface area (Å²) in [7, 11) is 4.54. The zero-order valence-corrected chi connectivity index (χ0v) is 24.4. The number of nitrogens with zero attached hydrogens (tertiary/aromatic N) is 6. The van der Waals surface area contributed by atoms with Gasteiger partial charge in [0.1, 0.15) is 46.4 Å². The molecule has 0 aliphatic carbocycles. The molecular weight excluding hydrogens is 598 g/mol. The highest BCUT2D eigenvalue weighted by atomic mass is 19.3. The summed E-state index contributed by atoms with van der Waals surface area (Å²) in [5.74, 6) is -3.04. The first-order valence-corrected chi connectivity index (χ1v) is 13.6. The first-order valence-electron chi connectivity index (χ1n) is 13.6.